The largest absolute Gasteiger partial charge is 0.507 e. The maximum absolute atomic E-state index is 9.52. The minimum Gasteiger partial charge on any atom is -0.507 e. The lowest BCUT2D eigenvalue weighted by Gasteiger charge is -2.18. The zero-order valence-electron chi connectivity index (χ0n) is 7.53. The molecule has 1 unspecified atom stereocenters. The van der Waals surface area contributed by atoms with E-state index in [4.69, 9.17) is 4.74 Å². The first kappa shape index (κ1) is 8.32. The molecule has 0 heterocycles. The van der Waals surface area contributed by atoms with Gasteiger partial charge in [-0.3, -0.25) is 0 Å². The topological polar surface area (TPSA) is 29.5 Å². The van der Waals surface area contributed by atoms with Crippen LogP contribution in [0, 0.1) is 0 Å². The summed E-state index contributed by atoms with van der Waals surface area (Å²) < 4.78 is 5.22. The second-order valence-corrected chi connectivity index (χ2v) is 3.19. The predicted octanol–water partition coefficient (Wildman–Crippen LogP) is 1.98. The molecule has 0 radical (unpaired) electrons. The first-order valence-electron chi connectivity index (χ1n) is 4.33. The first-order chi connectivity index (χ1) is 6.31. The van der Waals surface area contributed by atoms with E-state index in [1.54, 1.807) is 13.2 Å². The van der Waals surface area contributed by atoms with E-state index in [1.165, 1.54) is 0 Å². The molecule has 2 heteroatoms. The SMILES string of the molecule is COC1C=Cc2c(O)cccc2C1. The summed E-state index contributed by atoms with van der Waals surface area (Å²) in [6.07, 6.45) is 4.88. The van der Waals surface area contributed by atoms with Crippen molar-refractivity contribution in [3.05, 3.63) is 35.4 Å². The fourth-order valence-electron chi connectivity index (χ4n) is 1.62. The number of methoxy groups -OCH3 is 1. The number of benzene rings is 1. The number of aromatic hydroxyl groups is 1. The third-order valence-electron chi connectivity index (χ3n) is 2.37. The molecule has 1 aromatic rings. The van der Waals surface area contributed by atoms with E-state index in [1.807, 2.05) is 24.3 Å². The maximum atomic E-state index is 9.52. The molecule has 0 spiro atoms. The molecule has 1 aliphatic carbocycles. The number of hydrogen-bond donors (Lipinski definition) is 1. The van der Waals surface area contributed by atoms with Gasteiger partial charge in [-0.15, -0.1) is 0 Å². The van der Waals surface area contributed by atoms with Crippen molar-refractivity contribution in [3.63, 3.8) is 0 Å². The molecule has 0 saturated carbocycles. The fourth-order valence-corrected chi connectivity index (χ4v) is 1.62. The van der Waals surface area contributed by atoms with Crippen molar-refractivity contribution in [2.45, 2.75) is 12.5 Å². The Morgan fingerprint density at radius 2 is 2.31 bits per heavy atom. The third kappa shape index (κ3) is 1.45. The molecule has 1 aromatic carbocycles. The minimum atomic E-state index is 0.147. The summed E-state index contributed by atoms with van der Waals surface area (Å²) in [4.78, 5) is 0. The highest BCUT2D eigenvalue weighted by atomic mass is 16.5. The van der Waals surface area contributed by atoms with Gasteiger partial charge in [-0.1, -0.05) is 24.3 Å². The summed E-state index contributed by atoms with van der Waals surface area (Å²) in [5.74, 6) is 0.350. The van der Waals surface area contributed by atoms with Crippen LogP contribution in [0.1, 0.15) is 11.1 Å². The van der Waals surface area contributed by atoms with Gasteiger partial charge in [0.2, 0.25) is 0 Å². The average Bonchev–Trinajstić information content (AvgIpc) is 2.18. The molecule has 13 heavy (non-hydrogen) atoms. The Morgan fingerprint density at radius 1 is 1.46 bits per heavy atom. The van der Waals surface area contributed by atoms with Crippen molar-refractivity contribution in [1.82, 2.24) is 0 Å². The Hall–Kier alpha value is -1.28. The second kappa shape index (κ2) is 3.23. The highest BCUT2D eigenvalue weighted by Gasteiger charge is 2.14. The van der Waals surface area contributed by atoms with Crippen LogP contribution >= 0.6 is 0 Å². The molecule has 0 bridgehead atoms. The summed E-state index contributed by atoms with van der Waals surface area (Å²) in [6, 6.07) is 5.58. The predicted molar refractivity (Wildman–Crippen MR) is 51.6 cm³/mol. The van der Waals surface area contributed by atoms with Crippen LogP contribution in [-0.4, -0.2) is 18.3 Å². The summed E-state index contributed by atoms with van der Waals surface area (Å²) in [5.41, 5.74) is 2.07. The molecule has 2 rings (SSSR count). The van der Waals surface area contributed by atoms with Gasteiger partial charge in [-0.2, -0.15) is 0 Å². The van der Waals surface area contributed by atoms with Gasteiger partial charge in [0.1, 0.15) is 5.75 Å². The smallest absolute Gasteiger partial charge is 0.123 e. The van der Waals surface area contributed by atoms with E-state index in [0.29, 0.717) is 5.75 Å². The Labute approximate surface area is 77.5 Å². The van der Waals surface area contributed by atoms with Crippen molar-refractivity contribution in [1.29, 1.82) is 0 Å². The molecule has 1 atom stereocenters. The third-order valence-corrected chi connectivity index (χ3v) is 2.37. The summed E-state index contributed by atoms with van der Waals surface area (Å²) >= 11 is 0. The molecule has 2 nitrogen and oxygen atoms in total. The Bertz CT molecular complexity index is 342. The van der Waals surface area contributed by atoms with E-state index < -0.39 is 0 Å². The molecular formula is C11H12O2. The number of ether oxygens (including phenoxy) is 1. The molecule has 0 amide bonds. The standard InChI is InChI=1S/C11H12O2/c1-13-9-5-6-10-8(7-9)3-2-4-11(10)12/h2-6,9,12H,7H2,1H3. The van der Waals surface area contributed by atoms with Crippen LogP contribution in [0.2, 0.25) is 0 Å². The van der Waals surface area contributed by atoms with Crippen molar-refractivity contribution >= 4 is 6.08 Å². The van der Waals surface area contributed by atoms with Crippen LogP contribution in [0.4, 0.5) is 0 Å². The fraction of sp³-hybridized carbons (Fsp3) is 0.273. The lowest BCUT2D eigenvalue weighted by atomic mass is 9.95. The monoisotopic (exact) mass is 176 g/mol. The quantitative estimate of drug-likeness (QED) is 0.709. The van der Waals surface area contributed by atoms with Crippen LogP contribution in [0.3, 0.4) is 0 Å². The van der Waals surface area contributed by atoms with Crippen LogP contribution < -0.4 is 0 Å². The summed E-state index contributed by atoms with van der Waals surface area (Å²) in [5, 5.41) is 9.52. The van der Waals surface area contributed by atoms with E-state index in [9.17, 15) is 5.11 Å². The van der Waals surface area contributed by atoms with Crippen molar-refractivity contribution in [2.75, 3.05) is 7.11 Å². The van der Waals surface area contributed by atoms with Crippen molar-refractivity contribution in [3.8, 4) is 5.75 Å². The van der Waals surface area contributed by atoms with Gasteiger partial charge in [0.15, 0.2) is 0 Å². The van der Waals surface area contributed by atoms with Gasteiger partial charge in [0, 0.05) is 19.1 Å². The highest BCUT2D eigenvalue weighted by molar-refractivity contribution is 5.63. The van der Waals surface area contributed by atoms with Gasteiger partial charge < -0.3 is 9.84 Å². The van der Waals surface area contributed by atoms with Crippen LogP contribution in [0.15, 0.2) is 24.3 Å². The van der Waals surface area contributed by atoms with Crippen LogP contribution in [-0.2, 0) is 11.2 Å². The first-order valence-corrected chi connectivity index (χ1v) is 4.33. The molecule has 0 aromatic heterocycles. The lowest BCUT2D eigenvalue weighted by molar-refractivity contribution is 0.141. The number of phenolic OH excluding ortho intramolecular Hbond substituents is 1. The maximum Gasteiger partial charge on any atom is 0.123 e. The number of rotatable bonds is 1. The van der Waals surface area contributed by atoms with Gasteiger partial charge in [0.25, 0.3) is 0 Å². The number of phenols is 1. The Kier molecular flexibility index (Phi) is 2.07. The molecule has 0 saturated heterocycles. The van der Waals surface area contributed by atoms with Crippen LogP contribution in [0.25, 0.3) is 6.08 Å². The van der Waals surface area contributed by atoms with E-state index in [2.05, 4.69) is 0 Å². The van der Waals surface area contributed by atoms with E-state index in [-0.39, 0.29) is 6.10 Å². The van der Waals surface area contributed by atoms with Crippen LogP contribution in [0.5, 0.6) is 5.75 Å². The summed E-state index contributed by atoms with van der Waals surface area (Å²) in [6.45, 7) is 0. The van der Waals surface area contributed by atoms with Crippen molar-refractivity contribution < 1.29 is 9.84 Å². The highest BCUT2D eigenvalue weighted by Crippen LogP contribution is 2.27. The Morgan fingerprint density at radius 3 is 3.08 bits per heavy atom. The minimum absolute atomic E-state index is 0.147. The molecular weight excluding hydrogens is 164 g/mol. The van der Waals surface area contributed by atoms with Gasteiger partial charge >= 0.3 is 0 Å². The molecule has 0 aliphatic heterocycles. The number of hydrogen-bond acceptors (Lipinski definition) is 2. The zero-order valence-corrected chi connectivity index (χ0v) is 7.53. The Balaban J connectivity index is 2.40. The van der Waals surface area contributed by atoms with Gasteiger partial charge in [-0.25, -0.2) is 0 Å². The van der Waals surface area contributed by atoms with Crippen molar-refractivity contribution in [2.24, 2.45) is 0 Å². The second-order valence-electron chi connectivity index (χ2n) is 3.19. The molecule has 0 fully saturated rings. The van der Waals surface area contributed by atoms with Gasteiger partial charge in [-0.05, 0) is 11.6 Å². The summed E-state index contributed by atoms with van der Waals surface area (Å²) in [7, 11) is 1.70. The van der Waals surface area contributed by atoms with Gasteiger partial charge in [0.05, 0.1) is 6.10 Å². The lowest BCUT2D eigenvalue weighted by Crippen LogP contribution is -2.14. The number of fused-ring (bicyclic) bond motifs is 1. The van der Waals surface area contributed by atoms with E-state index in [0.717, 1.165) is 17.5 Å². The normalized spacial score (nSPS) is 19.9. The van der Waals surface area contributed by atoms with E-state index >= 15 is 0 Å². The zero-order chi connectivity index (χ0) is 9.26. The molecule has 68 valence electrons. The molecule has 1 N–H and O–H groups in total. The molecule has 1 aliphatic rings. The average molecular weight is 176 g/mol.